The molecular formula is C17H33Cl2N3O2. The minimum absolute atomic E-state index is 0. The van der Waals surface area contributed by atoms with Gasteiger partial charge in [-0.15, -0.1) is 24.8 Å². The molecule has 0 spiro atoms. The Morgan fingerprint density at radius 2 is 1.71 bits per heavy atom. The van der Waals surface area contributed by atoms with Gasteiger partial charge in [-0.3, -0.25) is 9.69 Å². The first-order valence-electron chi connectivity index (χ1n) is 9.10. The molecule has 0 aromatic carbocycles. The lowest BCUT2D eigenvalue weighted by Gasteiger charge is -2.36. The van der Waals surface area contributed by atoms with Crippen molar-refractivity contribution in [3.63, 3.8) is 0 Å². The largest absolute Gasteiger partial charge is 0.379 e. The van der Waals surface area contributed by atoms with Crippen molar-refractivity contribution in [1.29, 1.82) is 0 Å². The Morgan fingerprint density at radius 3 is 2.33 bits per heavy atom. The van der Waals surface area contributed by atoms with E-state index in [9.17, 15) is 4.79 Å². The molecule has 142 valence electrons. The first-order valence-corrected chi connectivity index (χ1v) is 9.10. The van der Waals surface area contributed by atoms with Crippen LogP contribution in [0.4, 0.5) is 0 Å². The number of halogens is 2. The minimum Gasteiger partial charge on any atom is -0.379 e. The summed E-state index contributed by atoms with van der Waals surface area (Å²) in [5.41, 5.74) is 0. The van der Waals surface area contributed by atoms with Crippen LogP contribution in [0.25, 0.3) is 0 Å². The van der Waals surface area contributed by atoms with Crippen molar-refractivity contribution in [2.75, 3.05) is 59.0 Å². The van der Waals surface area contributed by atoms with Gasteiger partial charge in [-0.2, -0.15) is 0 Å². The minimum atomic E-state index is 0. The third-order valence-electron chi connectivity index (χ3n) is 5.52. The van der Waals surface area contributed by atoms with Crippen molar-refractivity contribution in [2.24, 2.45) is 11.8 Å². The summed E-state index contributed by atoms with van der Waals surface area (Å²) in [6, 6.07) is 0. The van der Waals surface area contributed by atoms with Crippen LogP contribution < -0.4 is 5.32 Å². The van der Waals surface area contributed by atoms with Crippen LogP contribution in [0.2, 0.25) is 0 Å². The van der Waals surface area contributed by atoms with E-state index in [1.807, 2.05) is 0 Å². The Labute approximate surface area is 158 Å². The number of hydrogen-bond donors (Lipinski definition) is 1. The fourth-order valence-corrected chi connectivity index (χ4v) is 3.96. The Hall–Kier alpha value is -0.0700. The van der Waals surface area contributed by atoms with Gasteiger partial charge in [0, 0.05) is 39.1 Å². The number of carbonyl (C=O) groups is 1. The van der Waals surface area contributed by atoms with E-state index in [1.165, 1.54) is 25.8 Å². The van der Waals surface area contributed by atoms with Crippen LogP contribution in [0.5, 0.6) is 0 Å². The zero-order valence-corrected chi connectivity index (χ0v) is 16.2. The first-order chi connectivity index (χ1) is 10.8. The summed E-state index contributed by atoms with van der Waals surface area (Å²) in [6.45, 7) is 9.29. The monoisotopic (exact) mass is 381 g/mol. The van der Waals surface area contributed by atoms with Gasteiger partial charge in [0.1, 0.15) is 0 Å². The smallest absolute Gasteiger partial charge is 0.222 e. The maximum absolute atomic E-state index is 12.3. The molecule has 5 nitrogen and oxygen atoms in total. The Kier molecular flexibility index (Phi) is 10.6. The van der Waals surface area contributed by atoms with Gasteiger partial charge in [-0.25, -0.2) is 0 Å². The van der Waals surface area contributed by atoms with E-state index in [4.69, 9.17) is 4.74 Å². The third kappa shape index (κ3) is 6.68. The SMILES string of the molecule is Cl.Cl.O=C(CCC1CCNC1)N1CCC(CN2CCOCC2)CC1. The average Bonchev–Trinajstić information content (AvgIpc) is 3.08. The van der Waals surface area contributed by atoms with Gasteiger partial charge in [0.2, 0.25) is 5.91 Å². The second-order valence-corrected chi connectivity index (χ2v) is 7.13. The molecule has 0 aromatic heterocycles. The van der Waals surface area contributed by atoms with Crippen molar-refractivity contribution in [3.8, 4) is 0 Å². The number of nitrogens with zero attached hydrogens (tertiary/aromatic N) is 2. The third-order valence-corrected chi connectivity index (χ3v) is 5.52. The number of ether oxygens (including phenoxy) is 1. The highest BCUT2D eigenvalue weighted by molar-refractivity contribution is 5.85. The van der Waals surface area contributed by atoms with E-state index in [1.54, 1.807) is 0 Å². The molecule has 0 aliphatic carbocycles. The molecule has 3 saturated heterocycles. The second kappa shape index (κ2) is 11.5. The first kappa shape index (κ1) is 22.0. The van der Waals surface area contributed by atoms with E-state index in [2.05, 4.69) is 15.1 Å². The van der Waals surface area contributed by atoms with Crippen LogP contribution >= 0.6 is 24.8 Å². The maximum atomic E-state index is 12.3. The summed E-state index contributed by atoms with van der Waals surface area (Å²) < 4.78 is 5.41. The van der Waals surface area contributed by atoms with Gasteiger partial charge < -0.3 is 15.0 Å². The molecule has 0 radical (unpaired) electrons. The number of hydrogen-bond acceptors (Lipinski definition) is 4. The maximum Gasteiger partial charge on any atom is 0.222 e. The molecule has 24 heavy (non-hydrogen) atoms. The van der Waals surface area contributed by atoms with Crippen LogP contribution in [0.1, 0.15) is 32.1 Å². The lowest BCUT2D eigenvalue weighted by Crippen LogP contribution is -2.44. The van der Waals surface area contributed by atoms with Crippen LogP contribution in [0, 0.1) is 11.8 Å². The number of nitrogens with one attached hydrogen (secondary N) is 1. The highest BCUT2D eigenvalue weighted by Crippen LogP contribution is 2.21. The second-order valence-electron chi connectivity index (χ2n) is 7.13. The highest BCUT2D eigenvalue weighted by atomic mass is 35.5. The number of piperidine rings is 1. The molecule has 1 atom stereocenters. The molecule has 0 bridgehead atoms. The number of likely N-dealkylation sites (tertiary alicyclic amines) is 1. The van der Waals surface area contributed by atoms with Crippen molar-refractivity contribution in [2.45, 2.75) is 32.1 Å². The van der Waals surface area contributed by atoms with Crippen LogP contribution in [-0.4, -0.2) is 74.7 Å². The van der Waals surface area contributed by atoms with Gasteiger partial charge >= 0.3 is 0 Å². The van der Waals surface area contributed by atoms with Crippen LogP contribution in [-0.2, 0) is 9.53 Å². The predicted octanol–water partition coefficient (Wildman–Crippen LogP) is 1.79. The van der Waals surface area contributed by atoms with E-state index < -0.39 is 0 Å². The average molecular weight is 382 g/mol. The van der Waals surface area contributed by atoms with Crippen molar-refractivity contribution >= 4 is 30.7 Å². The van der Waals surface area contributed by atoms with Gasteiger partial charge in [0.15, 0.2) is 0 Å². The zero-order chi connectivity index (χ0) is 15.2. The molecule has 3 heterocycles. The quantitative estimate of drug-likeness (QED) is 0.788. The lowest BCUT2D eigenvalue weighted by atomic mass is 9.95. The van der Waals surface area contributed by atoms with Crippen molar-refractivity contribution in [1.82, 2.24) is 15.1 Å². The predicted molar refractivity (Wildman–Crippen MR) is 101 cm³/mol. The van der Waals surface area contributed by atoms with Crippen molar-refractivity contribution in [3.05, 3.63) is 0 Å². The van der Waals surface area contributed by atoms with E-state index in [0.29, 0.717) is 5.91 Å². The molecule has 3 fully saturated rings. The number of carbonyl (C=O) groups excluding carboxylic acids is 1. The van der Waals surface area contributed by atoms with Crippen LogP contribution in [0.3, 0.4) is 0 Å². The lowest BCUT2D eigenvalue weighted by molar-refractivity contribution is -0.133. The van der Waals surface area contributed by atoms with Crippen LogP contribution in [0.15, 0.2) is 0 Å². The number of amides is 1. The fraction of sp³-hybridized carbons (Fsp3) is 0.941. The van der Waals surface area contributed by atoms with E-state index in [0.717, 1.165) is 77.2 Å². The zero-order valence-electron chi connectivity index (χ0n) is 14.6. The molecule has 0 aromatic rings. The Balaban J connectivity index is 0.00000144. The summed E-state index contributed by atoms with van der Waals surface area (Å²) in [6.07, 6.45) is 5.41. The Morgan fingerprint density at radius 1 is 1.00 bits per heavy atom. The molecule has 3 aliphatic heterocycles. The molecule has 1 unspecified atom stereocenters. The molecule has 1 amide bonds. The van der Waals surface area contributed by atoms with E-state index in [-0.39, 0.29) is 24.8 Å². The van der Waals surface area contributed by atoms with Gasteiger partial charge in [-0.05, 0) is 50.6 Å². The summed E-state index contributed by atoms with van der Waals surface area (Å²) in [5, 5.41) is 3.38. The molecule has 3 aliphatic rings. The normalized spacial score (nSPS) is 25.8. The molecule has 1 N–H and O–H groups in total. The topological polar surface area (TPSA) is 44.8 Å². The highest BCUT2D eigenvalue weighted by Gasteiger charge is 2.25. The molecule has 3 rings (SSSR count). The van der Waals surface area contributed by atoms with Gasteiger partial charge in [0.05, 0.1) is 13.2 Å². The summed E-state index contributed by atoms with van der Waals surface area (Å²) in [7, 11) is 0. The molecular weight excluding hydrogens is 349 g/mol. The summed E-state index contributed by atoms with van der Waals surface area (Å²) in [5.74, 6) is 1.88. The van der Waals surface area contributed by atoms with E-state index >= 15 is 0 Å². The van der Waals surface area contributed by atoms with Gasteiger partial charge in [-0.1, -0.05) is 0 Å². The summed E-state index contributed by atoms with van der Waals surface area (Å²) in [4.78, 5) is 17.0. The fourth-order valence-electron chi connectivity index (χ4n) is 3.96. The number of rotatable bonds is 5. The molecule has 0 saturated carbocycles. The standard InChI is InChI=1S/C17H31N3O2.2ClH/c21-17(2-1-15-3-6-18-13-15)20-7-4-16(5-8-20)14-19-9-11-22-12-10-19;;/h15-16,18H,1-14H2;2*1H. The molecule has 7 heteroatoms. The number of morpholine rings is 1. The van der Waals surface area contributed by atoms with Crippen molar-refractivity contribution < 1.29 is 9.53 Å². The Bertz CT molecular complexity index is 354. The summed E-state index contributed by atoms with van der Waals surface area (Å²) >= 11 is 0. The van der Waals surface area contributed by atoms with Gasteiger partial charge in [0.25, 0.3) is 0 Å².